The number of hydrogen-bond donors (Lipinski definition) is 3. The molecule has 0 radical (unpaired) electrons. The van der Waals surface area contributed by atoms with E-state index in [0.717, 1.165) is 10.8 Å². The Bertz CT molecular complexity index is 1260. The third-order valence-electron chi connectivity index (χ3n) is 6.71. The molecule has 4 atom stereocenters. The predicted molar refractivity (Wildman–Crippen MR) is 140 cm³/mol. The number of sulfonamides is 1. The van der Waals surface area contributed by atoms with Crippen LogP contribution in [0.25, 0.3) is 10.8 Å². The summed E-state index contributed by atoms with van der Waals surface area (Å²) in [4.78, 5) is 29.5. The van der Waals surface area contributed by atoms with Gasteiger partial charge < -0.3 is 25.0 Å². The Kier molecular flexibility index (Phi) is 8.72. The summed E-state index contributed by atoms with van der Waals surface area (Å²) in [6, 6.07) is 8.21. The van der Waals surface area contributed by atoms with Crippen molar-refractivity contribution in [1.29, 1.82) is 0 Å². The van der Waals surface area contributed by atoms with Crippen LogP contribution in [-0.4, -0.2) is 98.8 Å². The second kappa shape index (κ2) is 11.6. The summed E-state index contributed by atoms with van der Waals surface area (Å²) >= 11 is 6.01. The van der Waals surface area contributed by atoms with Crippen LogP contribution < -0.4 is 10.0 Å². The Hall–Kier alpha value is -2.28. The van der Waals surface area contributed by atoms with Crippen LogP contribution >= 0.6 is 11.6 Å². The molecule has 12 heteroatoms. The number of halogens is 1. The number of benzene rings is 2. The number of amides is 2. The van der Waals surface area contributed by atoms with E-state index in [2.05, 4.69) is 10.0 Å². The topological polar surface area (TPSA) is 128 Å². The number of nitrogens with zero attached hydrogens (tertiary/aromatic N) is 2. The highest BCUT2D eigenvalue weighted by Crippen LogP contribution is 2.24. The minimum atomic E-state index is -3.96. The van der Waals surface area contributed by atoms with Gasteiger partial charge in [0.1, 0.15) is 12.1 Å². The first kappa shape index (κ1) is 27.7. The van der Waals surface area contributed by atoms with Crippen LogP contribution in [0.4, 0.5) is 0 Å². The maximum Gasteiger partial charge on any atom is 0.245 e. The molecular formula is C25H33ClN4O6S. The lowest BCUT2D eigenvalue weighted by molar-refractivity contribution is -0.148. The van der Waals surface area contributed by atoms with Gasteiger partial charge >= 0.3 is 0 Å². The summed E-state index contributed by atoms with van der Waals surface area (Å²) in [5, 5.41) is 14.6. The van der Waals surface area contributed by atoms with E-state index in [9.17, 15) is 23.1 Å². The molecule has 2 fully saturated rings. The van der Waals surface area contributed by atoms with E-state index in [1.54, 1.807) is 49.1 Å². The Morgan fingerprint density at radius 1 is 1.19 bits per heavy atom. The highest BCUT2D eigenvalue weighted by atomic mass is 35.5. The normalized spacial score (nSPS) is 22.4. The van der Waals surface area contributed by atoms with Gasteiger partial charge in [-0.1, -0.05) is 23.7 Å². The number of carbonyl (C=O) groups is 2. The largest absolute Gasteiger partial charge is 0.392 e. The van der Waals surface area contributed by atoms with Crippen molar-refractivity contribution in [2.24, 2.45) is 0 Å². The first-order valence-electron chi connectivity index (χ1n) is 12.4. The molecule has 0 aliphatic carbocycles. The average molecular weight is 553 g/mol. The molecule has 0 bridgehead atoms. The van der Waals surface area contributed by atoms with E-state index in [0.29, 0.717) is 37.8 Å². The summed E-state index contributed by atoms with van der Waals surface area (Å²) in [5.41, 5.74) is 0. The van der Waals surface area contributed by atoms with Crippen molar-refractivity contribution < 1.29 is 27.9 Å². The lowest BCUT2D eigenvalue weighted by atomic mass is 10.1. The number of rotatable bonds is 9. The monoisotopic (exact) mass is 552 g/mol. The molecule has 3 N–H and O–H groups in total. The number of nitrogens with one attached hydrogen (secondary N) is 2. The molecule has 2 aromatic carbocycles. The maximum atomic E-state index is 13.2. The van der Waals surface area contributed by atoms with Crippen molar-refractivity contribution in [1.82, 2.24) is 19.8 Å². The number of ether oxygens (including phenoxy) is 1. The molecule has 2 aromatic rings. The summed E-state index contributed by atoms with van der Waals surface area (Å²) in [6.07, 6.45) is -0.419. The van der Waals surface area contributed by atoms with Crippen molar-refractivity contribution in [3.8, 4) is 0 Å². The van der Waals surface area contributed by atoms with E-state index < -0.39 is 34.1 Å². The third-order valence-corrected chi connectivity index (χ3v) is 8.41. The summed E-state index contributed by atoms with van der Waals surface area (Å²) in [5.74, 6) is -0.616. The Labute approximate surface area is 221 Å². The van der Waals surface area contributed by atoms with Crippen molar-refractivity contribution in [2.75, 3.05) is 39.3 Å². The van der Waals surface area contributed by atoms with Crippen LogP contribution in [0.1, 0.15) is 20.3 Å². The zero-order valence-corrected chi connectivity index (χ0v) is 22.5. The highest BCUT2D eigenvalue weighted by Gasteiger charge is 2.40. The van der Waals surface area contributed by atoms with Gasteiger partial charge in [-0.2, -0.15) is 4.72 Å². The van der Waals surface area contributed by atoms with Gasteiger partial charge in [-0.15, -0.1) is 0 Å². The van der Waals surface area contributed by atoms with Crippen LogP contribution in [0.15, 0.2) is 41.3 Å². The lowest BCUT2D eigenvalue weighted by Crippen LogP contribution is -2.55. The highest BCUT2D eigenvalue weighted by molar-refractivity contribution is 7.89. The van der Waals surface area contributed by atoms with Gasteiger partial charge in [-0.3, -0.25) is 9.59 Å². The molecule has 2 saturated heterocycles. The first-order valence-corrected chi connectivity index (χ1v) is 14.2. The molecule has 2 amide bonds. The van der Waals surface area contributed by atoms with E-state index in [1.807, 2.05) is 0 Å². The first-order chi connectivity index (χ1) is 17.5. The molecule has 10 nitrogen and oxygen atoms in total. The quantitative estimate of drug-likeness (QED) is 0.423. The molecule has 0 saturated carbocycles. The minimum Gasteiger partial charge on any atom is -0.392 e. The zero-order chi connectivity index (χ0) is 26.7. The number of morpholine rings is 1. The summed E-state index contributed by atoms with van der Waals surface area (Å²) in [6.45, 7) is 5.73. The molecule has 37 heavy (non-hydrogen) atoms. The van der Waals surface area contributed by atoms with Crippen molar-refractivity contribution >= 4 is 44.2 Å². The Balaban J connectivity index is 1.37. The van der Waals surface area contributed by atoms with Crippen LogP contribution in [0.2, 0.25) is 5.02 Å². The van der Waals surface area contributed by atoms with Crippen molar-refractivity contribution in [3.05, 3.63) is 41.4 Å². The fraction of sp³-hybridized carbons (Fsp3) is 0.520. The lowest BCUT2D eigenvalue weighted by Gasteiger charge is -2.36. The average Bonchev–Trinajstić information content (AvgIpc) is 3.21. The molecule has 0 aromatic heterocycles. The standard InChI is InChI=1S/C25H33ClN4O6S/c1-16(31)13-27-14-21-15-29(9-10-36-21)24(32)17(2)30-8-7-23(25(30)33)28-37(34,35)22-6-4-18-11-20(26)5-3-19(18)12-22/h3-6,11-12,16-17,21,23,27-28,31H,7-10,13-15H2,1-2H3/t16?,17?,21?,23-/m0/s1. The van der Waals surface area contributed by atoms with Crippen molar-refractivity contribution in [2.45, 2.75) is 49.5 Å². The van der Waals surface area contributed by atoms with Crippen LogP contribution in [0.5, 0.6) is 0 Å². The summed E-state index contributed by atoms with van der Waals surface area (Å²) in [7, 11) is -3.96. The number of aliphatic hydroxyl groups excluding tert-OH is 1. The molecule has 2 heterocycles. The third kappa shape index (κ3) is 6.60. The minimum absolute atomic E-state index is 0.0567. The fourth-order valence-electron chi connectivity index (χ4n) is 4.71. The molecule has 3 unspecified atom stereocenters. The number of aliphatic hydroxyl groups is 1. The molecule has 0 spiro atoms. The van der Waals surface area contributed by atoms with Gasteiger partial charge in [0.05, 0.1) is 23.7 Å². The Morgan fingerprint density at radius 3 is 2.68 bits per heavy atom. The van der Waals surface area contributed by atoms with Gasteiger partial charge in [0.25, 0.3) is 0 Å². The second-order valence-electron chi connectivity index (χ2n) is 9.61. The number of likely N-dealkylation sites (tertiary alicyclic amines) is 1. The SMILES string of the molecule is CC(O)CNCC1CN(C(=O)C(C)N2CC[C@H](NS(=O)(=O)c3ccc4cc(Cl)ccc4c3)C2=O)CCO1. The molecule has 2 aliphatic heterocycles. The fourth-order valence-corrected chi connectivity index (χ4v) is 6.15. The van der Waals surface area contributed by atoms with Crippen LogP contribution in [0, 0.1) is 0 Å². The molecular weight excluding hydrogens is 520 g/mol. The van der Waals surface area contributed by atoms with Gasteiger partial charge in [0, 0.05) is 37.7 Å². The smallest absolute Gasteiger partial charge is 0.245 e. The van der Waals surface area contributed by atoms with Gasteiger partial charge in [0.15, 0.2) is 0 Å². The van der Waals surface area contributed by atoms with Gasteiger partial charge in [0.2, 0.25) is 21.8 Å². The van der Waals surface area contributed by atoms with E-state index in [4.69, 9.17) is 16.3 Å². The second-order valence-corrected chi connectivity index (χ2v) is 11.8. The van der Waals surface area contributed by atoms with E-state index in [1.165, 1.54) is 11.0 Å². The van der Waals surface area contributed by atoms with Gasteiger partial charge in [-0.25, -0.2) is 8.42 Å². The Morgan fingerprint density at radius 2 is 1.92 bits per heavy atom. The van der Waals surface area contributed by atoms with Crippen LogP contribution in [-0.2, 0) is 24.3 Å². The van der Waals surface area contributed by atoms with Gasteiger partial charge in [-0.05, 0) is 55.3 Å². The zero-order valence-electron chi connectivity index (χ0n) is 20.9. The van der Waals surface area contributed by atoms with E-state index in [-0.39, 0.29) is 29.9 Å². The van der Waals surface area contributed by atoms with Crippen LogP contribution in [0.3, 0.4) is 0 Å². The number of fused-ring (bicyclic) bond motifs is 1. The molecule has 2 aliphatic rings. The predicted octanol–water partition coefficient (Wildman–Crippen LogP) is 0.959. The number of hydrogen-bond acceptors (Lipinski definition) is 7. The number of carbonyl (C=O) groups excluding carboxylic acids is 2. The van der Waals surface area contributed by atoms with Crippen molar-refractivity contribution in [3.63, 3.8) is 0 Å². The molecule has 202 valence electrons. The maximum absolute atomic E-state index is 13.2. The molecule has 4 rings (SSSR count). The summed E-state index contributed by atoms with van der Waals surface area (Å²) < 4.78 is 34.3. The van der Waals surface area contributed by atoms with E-state index >= 15 is 0 Å².